The van der Waals surface area contributed by atoms with Gasteiger partial charge in [0.2, 0.25) is 0 Å². The van der Waals surface area contributed by atoms with E-state index in [0.29, 0.717) is 32.0 Å². The SMILES string of the molecule is CCNC(=O)N1CCN(c2nc(C3CC3)nc(CC)c2Cc2ccc(F)cc2)CC1. The van der Waals surface area contributed by atoms with E-state index in [1.807, 2.05) is 24.0 Å². The van der Waals surface area contributed by atoms with Gasteiger partial charge in [-0.1, -0.05) is 19.1 Å². The van der Waals surface area contributed by atoms with E-state index in [-0.39, 0.29) is 11.8 Å². The van der Waals surface area contributed by atoms with E-state index in [2.05, 4.69) is 17.1 Å². The molecule has 30 heavy (non-hydrogen) atoms. The lowest BCUT2D eigenvalue weighted by Gasteiger charge is -2.36. The molecule has 0 bridgehead atoms. The van der Waals surface area contributed by atoms with Gasteiger partial charge in [0.1, 0.15) is 17.5 Å². The van der Waals surface area contributed by atoms with E-state index in [0.717, 1.165) is 60.8 Å². The summed E-state index contributed by atoms with van der Waals surface area (Å²) < 4.78 is 13.4. The molecule has 0 atom stereocenters. The second-order valence-corrected chi connectivity index (χ2v) is 8.07. The Labute approximate surface area is 177 Å². The van der Waals surface area contributed by atoms with Crippen LogP contribution < -0.4 is 10.2 Å². The zero-order chi connectivity index (χ0) is 21.1. The number of hydrogen-bond acceptors (Lipinski definition) is 4. The number of piperazine rings is 1. The topological polar surface area (TPSA) is 61.4 Å². The summed E-state index contributed by atoms with van der Waals surface area (Å²) in [5, 5.41) is 2.88. The van der Waals surface area contributed by atoms with Gasteiger partial charge in [0, 0.05) is 56.3 Å². The van der Waals surface area contributed by atoms with Crippen molar-refractivity contribution in [2.45, 2.75) is 45.4 Å². The minimum atomic E-state index is -0.225. The number of aryl methyl sites for hydroxylation is 1. The first-order valence-electron chi connectivity index (χ1n) is 11.0. The molecule has 1 aromatic carbocycles. The number of aromatic nitrogens is 2. The molecule has 1 aromatic heterocycles. The summed E-state index contributed by atoms with van der Waals surface area (Å²) in [5.74, 6) is 2.20. The first-order chi connectivity index (χ1) is 14.6. The largest absolute Gasteiger partial charge is 0.353 e. The van der Waals surface area contributed by atoms with Crippen molar-refractivity contribution < 1.29 is 9.18 Å². The average molecular weight is 412 g/mol. The highest BCUT2D eigenvalue weighted by Crippen LogP contribution is 2.40. The van der Waals surface area contributed by atoms with Crippen LogP contribution in [0.2, 0.25) is 0 Å². The van der Waals surface area contributed by atoms with Crippen molar-refractivity contribution in [3.05, 3.63) is 52.7 Å². The van der Waals surface area contributed by atoms with Crippen molar-refractivity contribution in [2.24, 2.45) is 0 Å². The molecule has 6 nitrogen and oxygen atoms in total. The molecule has 2 amide bonds. The van der Waals surface area contributed by atoms with Crippen LogP contribution in [-0.4, -0.2) is 53.6 Å². The predicted octanol–water partition coefficient (Wildman–Crippen LogP) is 3.50. The molecule has 0 unspecified atom stereocenters. The highest BCUT2D eigenvalue weighted by atomic mass is 19.1. The third kappa shape index (κ3) is 4.55. The van der Waals surface area contributed by atoms with Crippen LogP contribution in [0.15, 0.2) is 24.3 Å². The maximum atomic E-state index is 13.4. The number of hydrogen-bond donors (Lipinski definition) is 1. The number of carbonyl (C=O) groups is 1. The molecule has 2 aromatic rings. The van der Waals surface area contributed by atoms with Crippen molar-refractivity contribution in [1.29, 1.82) is 0 Å². The van der Waals surface area contributed by atoms with Gasteiger partial charge in [0.15, 0.2) is 0 Å². The molecular formula is C23H30FN5O. The second kappa shape index (κ2) is 8.98. The Morgan fingerprint density at radius 2 is 1.80 bits per heavy atom. The standard InChI is InChI=1S/C23H30FN5O/c1-3-20-19(15-16-5-9-18(24)10-6-16)22(27-21(26-20)17-7-8-17)28-11-13-29(14-12-28)23(30)25-4-2/h5-6,9-10,17H,3-4,7-8,11-15H2,1-2H3,(H,25,30). The van der Waals surface area contributed by atoms with Crippen LogP contribution in [0.4, 0.5) is 15.0 Å². The smallest absolute Gasteiger partial charge is 0.317 e. The van der Waals surface area contributed by atoms with Gasteiger partial charge in [-0.25, -0.2) is 19.2 Å². The van der Waals surface area contributed by atoms with Gasteiger partial charge in [-0.15, -0.1) is 0 Å². The van der Waals surface area contributed by atoms with E-state index in [1.165, 1.54) is 12.1 Å². The third-order valence-corrected chi connectivity index (χ3v) is 5.85. The number of nitrogens with one attached hydrogen (secondary N) is 1. The summed E-state index contributed by atoms with van der Waals surface area (Å²) in [6.45, 7) is 7.54. The predicted molar refractivity (Wildman–Crippen MR) is 115 cm³/mol. The Hall–Kier alpha value is -2.70. The lowest BCUT2D eigenvalue weighted by Crippen LogP contribution is -2.52. The highest BCUT2D eigenvalue weighted by Gasteiger charge is 2.31. The zero-order valence-electron chi connectivity index (χ0n) is 17.8. The number of nitrogens with zero attached hydrogens (tertiary/aromatic N) is 4. The van der Waals surface area contributed by atoms with Gasteiger partial charge in [0.05, 0.1) is 0 Å². The van der Waals surface area contributed by atoms with Gasteiger partial charge in [-0.3, -0.25) is 0 Å². The maximum absolute atomic E-state index is 13.4. The summed E-state index contributed by atoms with van der Waals surface area (Å²) in [5.41, 5.74) is 3.26. The fourth-order valence-corrected chi connectivity index (χ4v) is 3.99. The van der Waals surface area contributed by atoms with Crippen LogP contribution in [0.3, 0.4) is 0 Å². The Kier molecular flexibility index (Phi) is 6.16. The first kappa shape index (κ1) is 20.6. The lowest BCUT2D eigenvalue weighted by atomic mass is 10.0. The molecule has 4 rings (SSSR count). The van der Waals surface area contributed by atoms with E-state index < -0.39 is 0 Å². The number of rotatable bonds is 6. The molecule has 2 fully saturated rings. The van der Waals surface area contributed by atoms with Crippen molar-refractivity contribution in [3.63, 3.8) is 0 Å². The lowest BCUT2D eigenvalue weighted by molar-refractivity contribution is 0.195. The summed E-state index contributed by atoms with van der Waals surface area (Å²) in [6, 6.07) is 6.68. The number of amides is 2. The molecule has 2 aliphatic rings. The molecule has 0 radical (unpaired) electrons. The molecule has 1 N–H and O–H groups in total. The normalized spacial score (nSPS) is 16.6. The van der Waals surface area contributed by atoms with Crippen LogP contribution in [0.1, 0.15) is 55.3 Å². The molecular weight excluding hydrogens is 381 g/mol. The number of anilines is 1. The van der Waals surface area contributed by atoms with Crippen LogP contribution in [0.25, 0.3) is 0 Å². The Balaban J connectivity index is 1.62. The Morgan fingerprint density at radius 3 is 2.40 bits per heavy atom. The van der Waals surface area contributed by atoms with E-state index in [9.17, 15) is 9.18 Å². The fraction of sp³-hybridized carbons (Fsp3) is 0.522. The van der Waals surface area contributed by atoms with E-state index in [4.69, 9.17) is 9.97 Å². The summed E-state index contributed by atoms with van der Waals surface area (Å²) in [4.78, 5) is 26.2. The van der Waals surface area contributed by atoms with Gasteiger partial charge >= 0.3 is 6.03 Å². The van der Waals surface area contributed by atoms with Crippen molar-refractivity contribution in [1.82, 2.24) is 20.2 Å². The van der Waals surface area contributed by atoms with Crippen LogP contribution >= 0.6 is 0 Å². The van der Waals surface area contributed by atoms with Crippen LogP contribution in [0.5, 0.6) is 0 Å². The first-order valence-corrected chi connectivity index (χ1v) is 11.0. The van der Waals surface area contributed by atoms with Gasteiger partial charge in [0.25, 0.3) is 0 Å². The van der Waals surface area contributed by atoms with Gasteiger partial charge in [-0.2, -0.15) is 0 Å². The molecule has 1 saturated carbocycles. The molecule has 160 valence electrons. The molecule has 1 aliphatic heterocycles. The minimum absolute atomic E-state index is 0.000658. The molecule has 0 spiro atoms. The Bertz CT molecular complexity index is 889. The second-order valence-electron chi connectivity index (χ2n) is 8.07. The minimum Gasteiger partial charge on any atom is -0.353 e. The molecule has 1 aliphatic carbocycles. The van der Waals surface area contributed by atoms with Gasteiger partial charge in [-0.05, 0) is 43.9 Å². The summed E-state index contributed by atoms with van der Waals surface area (Å²) in [6.07, 6.45) is 3.83. The number of benzene rings is 1. The molecule has 2 heterocycles. The average Bonchev–Trinajstić information content (AvgIpc) is 3.61. The fourth-order valence-electron chi connectivity index (χ4n) is 3.99. The van der Waals surface area contributed by atoms with Crippen molar-refractivity contribution >= 4 is 11.8 Å². The number of urea groups is 1. The number of halogens is 1. The summed E-state index contributed by atoms with van der Waals surface area (Å²) >= 11 is 0. The van der Waals surface area contributed by atoms with Crippen LogP contribution in [0, 0.1) is 5.82 Å². The maximum Gasteiger partial charge on any atom is 0.317 e. The van der Waals surface area contributed by atoms with Crippen LogP contribution in [-0.2, 0) is 12.8 Å². The molecule has 7 heteroatoms. The molecule has 1 saturated heterocycles. The van der Waals surface area contributed by atoms with Crippen molar-refractivity contribution in [3.8, 4) is 0 Å². The van der Waals surface area contributed by atoms with Crippen molar-refractivity contribution in [2.75, 3.05) is 37.6 Å². The Morgan fingerprint density at radius 1 is 1.10 bits per heavy atom. The highest BCUT2D eigenvalue weighted by molar-refractivity contribution is 5.74. The van der Waals surface area contributed by atoms with E-state index in [1.54, 1.807) is 0 Å². The monoisotopic (exact) mass is 411 g/mol. The number of carbonyl (C=O) groups excluding carboxylic acids is 1. The zero-order valence-corrected chi connectivity index (χ0v) is 17.8. The quantitative estimate of drug-likeness (QED) is 0.790. The summed E-state index contributed by atoms with van der Waals surface area (Å²) in [7, 11) is 0. The third-order valence-electron chi connectivity index (χ3n) is 5.85. The van der Waals surface area contributed by atoms with E-state index >= 15 is 0 Å². The van der Waals surface area contributed by atoms with Gasteiger partial charge < -0.3 is 15.1 Å².